The number of hydrogen-bond donors (Lipinski definition) is 1. The molecule has 1 N–H and O–H groups in total. The number of pyridine rings is 1. The third-order valence-electron chi connectivity index (χ3n) is 1.95. The number of aromatic amines is 1. The summed E-state index contributed by atoms with van der Waals surface area (Å²) >= 11 is 0. The Kier molecular flexibility index (Phi) is 1.51. The van der Waals surface area contributed by atoms with Crippen LogP contribution in [0.25, 0.3) is 11.0 Å². The minimum atomic E-state index is -0.439. The molecule has 2 rings (SSSR count). The molecule has 66 valence electrons. The van der Waals surface area contributed by atoms with Gasteiger partial charge in [0.05, 0.1) is 16.6 Å². The second kappa shape index (κ2) is 2.55. The number of H-pyrrole nitrogens is 1. The smallest absolute Gasteiger partial charge is 0.312 e. The average Bonchev–Trinajstić information content (AvgIpc) is 2.48. The van der Waals surface area contributed by atoms with E-state index in [9.17, 15) is 10.1 Å². The molecule has 0 aliphatic rings. The largest absolute Gasteiger partial charge is 0.354 e. The standard InChI is InChI=1S/C8H7N3O2/c1-5-2-3-9-8-6(11(12)13)4-10-7(5)8/h2-4,10H,1H3. The molecule has 0 aliphatic heterocycles. The van der Waals surface area contributed by atoms with E-state index in [0.717, 1.165) is 11.1 Å². The molecule has 0 saturated heterocycles. The van der Waals surface area contributed by atoms with E-state index < -0.39 is 4.92 Å². The van der Waals surface area contributed by atoms with Crippen LogP contribution in [-0.2, 0) is 0 Å². The molecule has 0 amide bonds. The van der Waals surface area contributed by atoms with Gasteiger partial charge in [-0.2, -0.15) is 0 Å². The predicted molar refractivity (Wildman–Crippen MR) is 47.5 cm³/mol. The first-order valence-corrected chi connectivity index (χ1v) is 3.77. The summed E-state index contributed by atoms with van der Waals surface area (Å²) in [5, 5.41) is 10.5. The van der Waals surface area contributed by atoms with Crippen molar-refractivity contribution < 1.29 is 4.92 Å². The van der Waals surface area contributed by atoms with Gasteiger partial charge >= 0.3 is 5.69 Å². The molecule has 13 heavy (non-hydrogen) atoms. The first-order valence-electron chi connectivity index (χ1n) is 3.77. The number of aryl methyl sites for hydroxylation is 1. The maximum Gasteiger partial charge on any atom is 0.312 e. The molecule has 0 aliphatic carbocycles. The molecule has 0 spiro atoms. The van der Waals surface area contributed by atoms with E-state index in [2.05, 4.69) is 9.97 Å². The van der Waals surface area contributed by atoms with Crippen molar-refractivity contribution in [2.24, 2.45) is 0 Å². The maximum absolute atomic E-state index is 10.5. The fourth-order valence-corrected chi connectivity index (χ4v) is 1.28. The molecule has 0 fully saturated rings. The van der Waals surface area contributed by atoms with Crippen LogP contribution in [0.4, 0.5) is 5.69 Å². The van der Waals surface area contributed by atoms with Crippen molar-refractivity contribution in [3.8, 4) is 0 Å². The number of nitrogens with one attached hydrogen (secondary N) is 1. The van der Waals surface area contributed by atoms with Crippen LogP contribution in [0, 0.1) is 17.0 Å². The van der Waals surface area contributed by atoms with Gasteiger partial charge in [-0.3, -0.25) is 10.1 Å². The second-order valence-corrected chi connectivity index (χ2v) is 2.78. The van der Waals surface area contributed by atoms with Crippen LogP contribution in [0.5, 0.6) is 0 Å². The number of nitrogens with zero attached hydrogens (tertiary/aromatic N) is 2. The fourth-order valence-electron chi connectivity index (χ4n) is 1.28. The molecule has 0 aromatic carbocycles. The van der Waals surface area contributed by atoms with Gasteiger partial charge in [0.15, 0.2) is 5.52 Å². The highest BCUT2D eigenvalue weighted by molar-refractivity contribution is 5.86. The van der Waals surface area contributed by atoms with Gasteiger partial charge in [-0.15, -0.1) is 0 Å². The lowest BCUT2D eigenvalue weighted by Crippen LogP contribution is -1.87. The van der Waals surface area contributed by atoms with Crippen LogP contribution >= 0.6 is 0 Å². The summed E-state index contributed by atoms with van der Waals surface area (Å²) in [4.78, 5) is 16.9. The van der Waals surface area contributed by atoms with Crippen molar-refractivity contribution >= 4 is 16.7 Å². The highest BCUT2D eigenvalue weighted by Gasteiger charge is 2.15. The topological polar surface area (TPSA) is 71.8 Å². The molecule has 2 aromatic rings. The van der Waals surface area contributed by atoms with Crippen molar-refractivity contribution in [2.45, 2.75) is 6.92 Å². The van der Waals surface area contributed by atoms with E-state index in [1.807, 2.05) is 13.0 Å². The minimum absolute atomic E-state index is 0.0266. The molecule has 2 heterocycles. The SMILES string of the molecule is Cc1ccnc2c([N+](=O)[O-])c[nH]c12. The summed E-state index contributed by atoms with van der Waals surface area (Å²) in [7, 11) is 0. The van der Waals surface area contributed by atoms with Crippen LogP contribution in [0.1, 0.15) is 5.56 Å². The summed E-state index contributed by atoms with van der Waals surface area (Å²) in [5.74, 6) is 0. The van der Waals surface area contributed by atoms with E-state index >= 15 is 0 Å². The van der Waals surface area contributed by atoms with Gasteiger partial charge in [-0.1, -0.05) is 0 Å². The second-order valence-electron chi connectivity index (χ2n) is 2.78. The number of hydrogen-bond acceptors (Lipinski definition) is 3. The Bertz CT molecular complexity index is 475. The summed E-state index contributed by atoms with van der Waals surface area (Å²) < 4.78 is 0. The van der Waals surface area contributed by atoms with Gasteiger partial charge in [0, 0.05) is 6.20 Å². The van der Waals surface area contributed by atoms with Crippen molar-refractivity contribution in [1.29, 1.82) is 0 Å². The van der Waals surface area contributed by atoms with Crippen molar-refractivity contribution in [3.05, 3.63) is 34.1 Å². The predicted octanol–water partition coefficient (Wildman–Crippen LogP) is 1.78. The van der Waals surface area contributed by atoms with Crippen LogP contribution < -0.4 is 0 Å². The molecule has 0 atom stereocenters. The average molecular weight is 177 g/mol. The highest BCUT2D eigenvalue weighted by Crippen LogP contribution is 2.24. The lowest BCUT2D eigenvalue weighted by atomic mass is 10.2. The Labute approximate surface area is 73.6 Å². The molecule has 0 saturated carbocycles. The molecule has 5 nitrogen and oxygen atoms in total. The van der Waals surface area contributed by atoms with Crippen LogP contribution in [-0.4, -0.2) is 14.9 Å². The number of nitro groups is 1. The zero-order valence-electron chi connectivity index (χ0n) is 6.94. The third-order valence-corrected chi connectivity index (χ3v) is 1.95. The normalized spacial score (nSPS) is 10.5. The van der Waals surface area contributed by atoms with Crippen LogP contribution in [0.3, 0.4) is 0 Å². The highest BCUT2D eigenvalue weighted by atomic mass is 16.6. The number of fused-ring (bicyclic) bond motifs is 1. The van der Waals surface area contributed by atoms with Crippen molar-refractivity contribution in [1.82, 2.24) is 9.97 Å². The molecule has 2 aromatic heterocycles. The Morgan fingerprint density at radius 2 is 2.38 bits per heavy atom. The number of aromatic nitrogens is 2. The first-order chi connectivity index (χ1) is 6.20. The van der Waals surface area contributed by atoms with Gasteiger partial charge in [0.25, 0.3) is 0 Å². The van der Waals surface area contributed by atoms with E-state index in [4.69, 9.17) is 0 Å². The van der Waals surface area contributed by atoms with Gasteiger partial charge in [0.1, 0.15) is 0 Å². The Morgan fingerprint density at radius 1 is 1.62 bits per heavy atom. The monoisotopic (exact) mass is 177 g/mol. The fraction of sp³-hybridized carbons (Fsp3) is 0.125. The molecule has 5 heteroatoms. The zero-order chi connectivity index (χ0) is 9.42. The van der Waals surface area contributed by atoms with E-state index in [-0.39, 0.29) is 5.69 Å². The lowest BCUT2D eigenvalue weighted by molar-refractivity contribution is -0.383. The molecule has 0 unspecified atom stereocenters. The lowest BCUT2D eigenvalue weighted by Gasteiger charge is -1.92. The maximum atomic E-state index is 10.5. The molecular formula is C8H7N3O2. The van der Waals surface area contributed by atoms with E-state index in [1.165, 1.54) is 6.20 Å². The van der Waals surface area contributed by atoms with Crippen LogP contribution in [0.2, 0.25) is 0 Å². The van der Waals surface area contributed by atoms with E-state index in [1.54, 1.807) is 6.20 Å². The number of rotatable bonds is 1. The van der Waals surface area contributed by atoms with Crippen molar-refractivity contribution in [3.63, 3.8) is 0 Å². The Morgan fingerprint density at radius 3 is 3.08 bits per heavy atom. The van der Waals surface area contributed by atoms with Gasteiger partial charge in [0.2, 0.25) is 0 Å². The third kappa shape index (κ3) is 1.05. The van der Waals surface area contributed by atoms with Gasteiger partial charge < -0.3 is 4.98 Å². The summed E-state index contributed by atoms with van der Waals surface area (Å²) in [6.07, 6.45) is 2.93. The van der Waals surface area contributed by atoms with Crippen LogP contribution in [0.15, 0.2) is 18.5 Å². The zero-order valence-corrected chi connectivity index (χ0v) is 6.94. The Balaban J connectivity index is 2.83. The quantitative estimate of drug-likeness (QED) is 0.533. The molecule has 0 radical (unpaired) electrons. The molecular weight excluding hydrogens is 170 g/mol. The minimum Gasteiger partial charge on any atom is -0.354 e. The Hall–Kier alpha value is -1.91. The van der Waals surface area contributed by atoms with Crippen molar-refractivity contribution in [2.75, 3.05) is 0 Å². The molecule has 0 bridgehead atoms. The van der Waals surface area contributed by atoms with Gasteiger partial charge in [-0.05, 0) is 18.6 Å². The first kappa shape index (κ1) is 7.72. The van der Waals surface area contributed by atoms with E-state index in [0.29, 0.717) is 5.52 Å². The summed E-state index contributed by atoms with van der Waals surface area (Å²) in [6, 6.07) is 1.81. The van der Waals surface area contributed by atoms with Gasteiger partial charge in [-0.25, -0.2) is 4.98 Å². The summed E-state index contributed by atoms with van der Waals surface area (Å²) in [6.45, 7) is 1.88. The summed E-state index contributed by atoms with van der Waals surface area (Å²) in [5.41, 5.74) is 2.14.